The SMILES string of the molecule is NC(=NCc1ccc(Cn2ccnc2)cc1)NC1CCCCC1. The lowest BCUT2D eigenvalue weighted by atomic mass is 9.96. The number of hydrogen-bond acceptors (Lipinski definition) is 2. The van der Waals surface area contributed by atoms with Gasteiger partial charge in [0.2, 0.25) is 0 Å². The lowest BCUT2D eigenvalue weighted by Gasteiger charge is -2.23. The third-order valence-electron chi connectivity index (χ3n) is 4.34. The first-order chi connectivity index (χ1) is 11.3. The molecule has 1 fully saturated rings. The smallest absolute Gasteiger partial charge is 0.189 e. The molecule has 1 heterocycles. The third-order valence-corrected chi connectivity index (χ3v) is 4.34. The second kappa shape index (κ2) is 7.81. The van der Waals surface area contributed by atoms with E-state index < -0.39 is 0 Å². The molecule has 23 heavy (non-hydrogen) atoms. The number of hydrogen-bond donors (Lipinski definition) is 2. The van der Waals surface area contributed by atoms with Crippen LogP contribution in [0.3, 0.4) is 0 Å². The van der Waals surface area contributed by atoms with Gasteiger partial charge >= 0.3 is 0 Å². The van der Waals surface area contributed by atoms with E-state index in [9.17, 15) is 0 Å². The van der Waals surface area contributed by atoms with Crippen molar-refractivity contribution in [2.45, 2.75) is 51.2 Å². The Morgan fingerprint density at radius 1 is 1.17 bits per heavy atom. The van der Waals surface area contributed by atoms with Crippen LogP contribution in [0.4, 0.5) is 0 Å². The van der Waals surface area contributed by atoms with Gasteiger partial charge in [0, 0.05) is 25.0 Å². The van der Waals surface area contributed by atoms with Gasteiger partial charge in [0.15, 0.2) is 5.96 Å². The molecular formula is C18H25N5. The van der Waals surface area contributed by atoms with E-state index in [0.29, 0.717) is 18.5 Å². The molecule has 0 spiro atoms. The first-order valence-electron chi connectivity index (χ1n) is 8.39. The Bertz CT molecular complexity index is 609. The number of aromatic nitrogens is 2. The van der Waals surface area contributed by atoms with Crippen LogP contribution in [0.2, 0.25) is 0 Å². The Hall–Kier alpha value is -2.30. The van der Waals surface area contributed by atoms with Gasteiger partial charge in [0.05, 0.1) is 12.9 Å². The summed E-state index contributed by atoms with van der Waals surface area (Å²) in [6, 6.07) is 9.00. The van der Waals surface area contributed by atoms with Crippen LogP contribution in [0, 0.1) is 0 Å². The fourth-order valence-electron chi connectivity index (χ4n) is 3.02. The summed E-state index contributed by atoms with van der Waals surface area (Å²) < 4.78 is 2.05. The van der Waals surface area contributed by atoms with Gasteiger partial charge in [-0.3, -0.25) is 0 Å². The zero-order chi connectivity index (χ0) is 15.9. The minimum atomic E-state index is 0.505. The van der Waals surface area contributed by atoms with E-state index in [1.807, 2.05) is 12.5 Å². The second-order valence-corrected chi connectivity index (χ2v) is 6.23. The molecule has 2 aromatic rings. The molecule has 3 N–H and O–H groups in total. The summed E-state index contributed by atoms with van der Waals surface area (Å²) in [5, 5.41) is 3.35. The van der Waals surface area contributed by atoms with Crippen LogP contribution in [0.5, 0.6) is 0 Å². The second-order valence-electron chi connectivity index (χ2n) is 6.23. The van der Waals surface area contributed by atoms with E-state index in [1.165, 1.54) is 43.2 Å². The van der Waals surface area contributed by atoms with Crippen molar-refractivity contribution in [3.05, 3.63) is 54.1 Å². The molecule has 0 bridgehead atoms. The number of nitrogens with two attached hydrogens (primary N) is 1. The van der Waals surface area contributed by atoms with E-state index in [2.05, 4.69) is 44.1 Å². The molecule has 1 aromatic heterocycles. The van der Waals surface area contributed by atoms with Gasteiger partial charge in [-0.15, -0.1) is 0 Å². The highest BCUT2D eigenvalue weighted by Gasteiger charge is 2.13. The van der Waals surface area contributed by atoms with Crippen molar-refractivity contribution in [3.8, 4) is 0 Å². The highest BCUT2D eigenvalue weighted by molar-refractivity contribution is 5.78. The first kappa shape index (κ1) is 15.6. The summed E-state index contributed by atoms with van der Waals surface area (Å²) in [6.07, 6.45) is 11.9. The molecular weight excluding hydrogens is 286 g/mol. The molecule has 0 aliphatic heterocycles. The van der Waals surface area contributed by atoms with E-state index >= 15 is 0 Å². The minimum Gasteiger partial charge on any atom is -0.370 e. The van der Waals surface area contributed by atoms with Crippen molar-refractivity contribution in [1.82, 2.24) is 14.9 Å². The van der Waals surface area contributed by atoms with Crippen molar-refractivity contribution in [1.29, 1.82) is 0 Å². The standard InChI is InChI=1S/C18H25N5/c19-18(22-17-4-2-1-3-5-17)21-12-15-6-8-16(9-7-15)13-23-11-10-20-14-23/h6-11,14,17H,1-5,12-13H2,(H3,19,21,22). The van der Waals surface area contributed by atoms with Gasteiger partial charge in [-0.2, -0.15) is 0 Å². The minimum absolute atomic E-state index is 0.505. The van der Waals surface area contributed by atoms with Crippen LogP contribution in [0.1, 0.15) is 43.2 Å². The van der Waals surface area contributed by atoms with Gasteiger partial charge in [-0.05, 0) is 24.0 Å². The van der Waals surface area contributed by atoms with Crippen molar-refractivity contribution >= 4 is 5.96 Å². The molecule has 5 nitrogen and oxygen atoms in total. The monoisotopic (exact) mass is 311 g/mol. The average molecular weight is 311 g/mol. The number of imidazole rings is 1. The summed E-state index contributed by atoms with van der Waals surface area (Å²) in [4.78, 5) is 8.52. The average Bonchev–Trinajstić information content (AvgIpc) is 3.08. The summed E-state index contributed by atoms with van der Waals surface area (Å²) in [5.41, 5.74) is 8.43. The summed E-state index contributed by atoms with van der Waals surface area (Å²) in [5.74, 6) is 0.569. The highest BCUT2D eigenvalue weighted by atomic mass is 15.1. The largest absolute Gasteiger partial charge is 0.370 e. The van der Waals surface area contributed by atoms with Crippen LogP contribution >= 0.6 is 0 Å². The maximum absolute atomic E-state index is 6.00. The molecule has 0 unspecified atom stereocenters. The lowest BCUT2D eigenvalue weighted by Crippen LogP contribution is -2.41. The van der Waals surface area contributed by atoms with Crippen LogP contribution in [0.15, 0.2) is 48.0 Å². The topological polar surface area (TPSA) is 68.2 Å². The van der Waals surface area contributed by atoms with Gasteiger partial charge in [-0.25, -0.2) is 9.98 Å². The third kappa shape index (κ3) is 4.84. The number of guanidine groups is 1. The molecule has 1 aliphatic carbocycles. The van der Waals surface area contributed by atoms with Gasteiger partial charge < -0.3 is 15.6 Å². The lowest BCUT2D eigenvalue weighted by molar-refractivity contribution is 0.412. The molecule has 1 aliphatic rings. The molecule has 0 radical (unpaired) electrons. The van der Waals surface area contributed by atoms with Gasteiger partial charge in [0.25, 0.3) is 0 Å². The van der Waals surface area contributed by atoms with Crippen LogP contribution in [-0.4, -0.2) is 21.6 Å². The van der Waals surface area contributed by atoms with Gasteiger partial charge in [-0.1, -0.05) is 43.5 Å². The van der Waals surface area contributed by atoms with Crippen molar-refractivity contribution in [3.63, 3.8) is 0 Å². The fourth-order valence-corrected chi connectivity index (χ4v) is 3.02. The van der Waals surface area contributed by atoms with E-state index in [0.717, 1.165) is 6.54 Å². The number of aliphatic imine (C=N–C) groups is 1. The van der Waals surface area contributed by atoms with Crippen molar-refractivity contribution in [2.75, 3.05) is 0 Å². The van der Waals surface area contributed by atoms with Crippen LogP contribution in [-0.2, 0) is 13.1 Å². The van der Waals surface area contributed by atoms with Crippen molar-refractivity contribution in [2.24, 2.45) is 10.7 Å². The molecule has 3 rings (SSSR count). The molecule has 0 saturated heterocycles. The zero-order valence-corrected chi connectivity index (χ0v) is 13.5. The molecule has 0 atom stereocenters. The zero-order valence-electron chi connectivity index (χ0n) is 13.5. The number of nitrogens with one attached hydrogen (secondary N) is 1. The molecule has 1 saturated carbocycles. The Kier molecular flexibility index (Phi) is 5.29. The van der Waals surface area contributed by atoms with E-state index in [4.69, 9.17) is 5.73 Å². The van der Waals surface area contributed by atoms with Crippen molar-refractivity contribution < 1.29 is 0 Å². The predicted octanol–water partition coefficient (Wildman–Crippen LogP) is 2.67. The Morgan fingerprint density at radius 2 is 1.91 bits per heavy atom. The molecule has 5 heteroatoms. The summed E-state index contributed by atoms with van der Waals surface area (Å²) >= 11 is 0. The summed E-state index contributed by atoms with van der Waals surface area (Å²) in [6.45, 7) is 1.46. The van der Waals surface area contributed by atoms with Crippen LogP contribution < -0.4 is 11.1 Å². The van der Waals surface area contributed by atoms with E-state index in [-0.39, 0.29) is 0 Å². The molecule has 122 valence electrons. The normalized spacial score (nSPS) is 16.4. The maximum Gasteiger partial charge on any atom is 0.189 e. The first-order valence-corrected chi connectivity index (χ1v) is 8.39. The fraction of sp³-hybridized carbons (Fsp3) is 0.444. The highest BCUT2D eigenvalue weighted by Crippen LogP contribution is 2.17. The Balaban J connectivity index is 1.50. The number of nitrogens with zero attached hydrogens (tertiary/aromatic N) is 3. The van der Waals surface area contributed by atoms with E-state index in [1.54, 1.807) is 6.20 Å². The van der Waals surface area contributed by atoms with Crippen LogP contribution in [0.25, 0.3) is 0 Å². The predicted molar refractivity (Wildman–Crippen MR) is 93.1 cm³/mol. The number of benzene rings is 1. The van der Waals surface area contributed by atoms with Gasteiger partial charge in [0.1, 0.15) is 0 Å². The Labute approximate surface area is 137 Å². The quantitative estimate of drug-likeness (QED) is 0.659. The number of rotatable bonds is 5. The maximum atomic E-state index is 6.00. The summed E-state index contributed by atoms with van der Waals surface area (Å²) in [7, 11) is 0. The Morgan fingerprint density at radius 3 is 2.61 bits per heavy atom. The molecule has 0 amide bonds. The molecule has 1 aromatic carbocycles.